The Morgan fingerprint density at radius 2 is 1.72 bits per heavy atom. The molecule has 3 rings (SSSR count). The van der Waals surface area contributed by atoms with Crippen molar-refractivity contribution in [3.8, 4) is 5.75 Å². The smallest absolute Gasteiger partial charge is 0.243 e. The number of ether oxygens (including phenoxy) is 1. The molecule has 0 radical (unpaired) electrons. The molecule has 0 amide bonds. The number of para-hydroxylation sites is 1. The van der Waals surface area contributed by atoms with E-state index in [-0.39, 0.29) is 4.90 Å². The number of hydrogen-bond donors (Lipinski definition) is 0. The molecular weight excluding hydrogens is 451 g/mol. The highest BCUT2D eigenvalue weighted by molar-refractivity contribution is 14.1. The molecule has 5 nitrogen and oxygen atoms in total. The zero-order chi connectivity index (χ0) is 18.0. The van der Waals surface area contributed by atoms with Crippen molar-refractivity contribution in [2.24, 2.45) is 0 Å². The summed E-state index contributed by atoms with van der Waals surface area (Å²) in [6, 6.07) is 13.2. The summed E-state index contributed by atoms with van der Waals surface area (Å²) in [5.74, 6) is 0.584. The minimum atomic E-state index is -3.50. The molecule has 1 aliphatic heterocycles. The van der Waals surface area contributed by atoms with Gasteiger partial charge in [-0.1, -0.05) is 18.2 Å². The third-order valence-corrected chi connectivity index (χ3v) is 7.24. The highest BCUT2D eigenvalue weighted by atomic mass is 127. The van der Waals surface area contributed by atoms with Crippen LogP contribution in [0.5, 0.6) is 5.75 Å². The van der Waals surface area contributed by atoms with Gasteiger partial charge in [0.2, 0.25) is 10.0 Å². The maximum Gasteiger partial charge on any atom is 0.243 e. The third kappa shape index (κ3) is 3.78. The lowest BCUT2D eigenvalue weighted by molar-refractivity contribution is 0.383. The molecule has 1 aliphatic rings. The van der Waals surface area contributed by atoms with Gasteiger partial charge in [-0.3, -0.25) is 0 Å². The molecule has 0 saturated carbocycles. The van der Waals surface area contributed by atoms with Gasteiger partial charge >= 0.3 is 0 Å². The largest absolute Gasteiger partial charge is 0.496 e. The van der Waals surface area contributed by atoms with E-state index >= 15 is 0 Å². The summed E-state index contributed by atoms with van der Waals surface area (Å²) < 4.78 is 33.6. The Morgan fingerprint density at radius 1 is 1.04 bits per heavy atom. The molecule has 0 aliphatic carbocycles. The first-order chi connectivity index (χ1) is 11.9. The van der Waals surface area contributed by atoms with Crippen LogP contribution in [0.4, 0.5) is 5.69 Å². The van der Waals surface area contributed by atoms with Crippen molar-refractivity contribution in [2.45, 2.75) is 11.8 Å². The number of anilines is 1. The van der Waals surface area contributed by atoms with Gasteiger partial charge in [-0.15, -0.1) is 0 Å². The van der Waals surface area contributed by atoms with Crippen LogP contribution in [0.2, 0.25) is 0 Å². The molecule has 25 heavy (non-hydrogen) atoms. The van der Waals surface area contributed by atoms with E-state index in [0.717, 1.165) is 3.57 Å². The second-order valence-corrected chi connectivity index (χ2v) is 9.07. The Labute approximate surface area is 162 Å². The van der Waals surface area contributed by atoms with E-state index in [2.05, 4.69) is 46.5 Å². The maximum absolute atomic E-state index is 12.9. The molecule has 0 bridgehead atoms. The summed E-state index contributed by atoms with van der Waals surface area (Å²) in [5.41, 5.74) is 2.39. The lowest BCUT2D eigenvalue weighted by Crippen LogP contribution is -2.48. The minimum absolute atomic E-state index is 0.286. The molecule has 0 atom stereocenters. The number of piperazine rings is 1. The number of rotatable bonds is 4. The van der Waals surface area contributed by atoms with E-state index in [9.17, 15) is 8.42 Å². The number of sulfonamides is 1. The summed E-state index contributed by atoms with van der Waals surface area (Å²) in [5, 5.41) is 0. The summed E-state index contributed by atoms with van der Waals surface area (Å²) in [6.45, 7) is 4.41. The fourth-order valence-corrected chi connectivity index (χ4v) is 5.03. The Balaban J connectivity index is 1.77. The summed E-state index contributed by atoms with van der Waals surface area (Å²) in [4.78, 5) is 2.53. The number of nitrogens with zero attached hydrogens (tertiary/aromatic N) is 2. The second kappa shape index (κ2) is 7.51. The molecular formula is C18H21IN2O3S. The zero-order valence-corrected chi connectivity index (χ0v) is 17.2. The monoisotopic (exact) mass is 472 g/mol. The maximum atomic E-state index is 12.9. The van der Waals surface area contributed by atoms with E-state index in [0.29, 0.717) is 31.9 Å². The van der Waals surface area contributed by atoms with Crippen LogP contribution in [0.1, 0.15) is 5.56 Å². The van der Waals surface area contributed by atoms with E-state index in [1.165, 1.54) is 11.3 Å². The van der Waals surface area contributed by atoms with Crippen LogP contribution in [0.3, 0.4) is 0 Å². The summed E-state index contributed by atoms with van der Waals surface area (Å²) >= 11 is 2.13. The number of aryl methyl sites for hydroxylation is 1. The normalized spacial score (nSPS) is 16.0. The molecule has 1 fully saturated rings. The van der Waals surface area contributed by atoms with Gasteiger partial charge < -0.3 is 9.64 Å². The van der Waals surface area contributed by atoms with E-state index in [1.807, 2.05) is 12.1 Å². The molecule has 2 aromatic carbocycles. The van der Waals surface area contributed by atoms with Crippen LogP contribution in [-0.2, 0) is 10.0 Å². The number of benzene rings is 2. The van der Waals surface area contributed by atoms with Crippen LogP contribution in [-0.4, -0.2) is 46.0 Å². The Hall–Kier alpha value is -1.32. The minimum Gasteiger partial charge on any atom is -0.496 e. The Bertz CT molecular complexity index is 862. The third-order valence-electron chi connectivity index (χ3n) is 4.46. The van der Waals surface area contributed by atoms with Crippen molar-refractivity contribution in [1.82, 2.24) is 4.31 Å². The van der Waals surface area contributed by atoms with Gasteiger partial charge in [0, 0.05) is 37.9 Å². The quantitative estimate of drug-likeness (QED) is 0.642. The number of hydrogen-bond acceptors (Lipinski definition) is 4. The first-order valence-electron chi connectivity index (χ1n) is 8.08. The Morgan fingerprint density at radius 3 is 2.36 bits per heavy atom. The molecule has 0 N–H and O–H groups in total. The number of halogens is 1. The Kier molecular flexibility index (Phi) is 5.55. The van der Waals surface area contributed by atoms with Crippen molar-refractivity contribution < 1.29 is 13.2 Å². The lowest BCUT2D eigenvalue weighted by Gasteiger charge is -2.36. The van der Waals surface area contributed by atoms with E-state index < -0.39 is 10.0 Å². The summed E-state index contributed by atoms with van der Waals surface area (Å²) in [6.07, 6.45) is 0. The highest BCUT2D eigenvalue weighted by Gasteiger charge is 2.29. The first kappa shape index (κ1) is 18.5. The number of methoxy groups -OCH3 is 1. The lowest BCUT2D eigenvalue weighted by atomic mass is 10.1. The molecule has 2 aromatic rings. The van der Waals surface area contributed by atoms with Crippen LogP contribution in [0.15, 0.2) is 47.4 Å². The second-order valence-electron chi connectivity index (χ2n) is 5.97. The van der Waals surface area contributed by atoms with Gasteiger partial charge in [0.1, 0.15) is 5.75 Å². The molecule has 1 heterocycles. The topological polar surface area (TPSA) is 49.9 Å². The molecule has 0 spiro atoms. The van der Waals surface area contributed by atoms with Gasteiger partial charge in [-0.2, -0.15) is 4.31 Å². The van der Waals surface area contributed by atoms with Crippen molar-refractivity contribution >= 4 is 38.3 Å². The van der Waals surface area contributed by atoms with Crippen molar-refractivity contribution in [2.75, 3.05) is 38.2 Å². The summed E-state index contributed by atoms with van der Waals surface area (Å²) in [7, 11) is -1.95. The van der Waals surface area contributed by atoms with Crippen LogP contribution >= 0.6 is 22.6 Å². The average molecular weight is 472 g/mol. The van der Waals surface area contributed by atoms with Crippen molar-refractivity contribution in [1.29, 1.82) is 0 Å². The van der Waals surface area contributed by atoms with Crippen LogP contribution in [0.25, 0.3) is 0 Å². The molecule has 7 heteroatoms. The average Bonchev–Trinajstić information content (AvgIpc) is 2.62. The van der Waals surface area contributed by atoms with Gasteiger partial charge in [-0.25, -0.2) is 8.42 Å². The van der Waals surface area contributed by atoms with E-state index in [4.69, 9.17) is 4.74 Å². The van der Waals surface area contributed by atoms with Crippen LogP contribution in [0, 0.1) is 10.5 Å². The molecule has 134 valence electrons. The standard InChI is InChI=1S/C18H21IN2O3S/c1-14-5-3-4-6-17(14)20-9-11-21(12-10-20)25(22,23)15-7-8-16(19)18(13-15)24-2/h3-8,13H,9-12H2,1-2H3. The molecule has 0 unspecified atom stereocenters. The van der Waals surface area contributed by atoms with Gasteiger partial charge in [0.25, 0.3) is 0 Å². The SMILES string of the molecule is COc1cc(S(=O)(=O)N2CCN(c3ccccc3C)CC2)ccc1I. The molecule has 1 saturated heterocycles. The van der Waals surface area contributed by atoms with Gasteiger partial charge in [0.15, 0.2) is 0 Å². The fourth-order valence-electron chi connectivity index (χ4n) is 3.04. The van der Waals surface area contributed by atoms with E-state index in [1.54, 1.807) is 29.6 Å². The highest BCUT2D eigenvalue weighted by Crippen LogP contribution is 2.27. The predicted octanol–water partition coefficient (Wildman–Crippen LogP) is 3.12. The van der Waals surface area contributed by atoms with Crippen molar-refractivity contribution in [3.63, 3.8) is 0 Å². The molecule has 0 aromatic heterocycles. The van der Waals surface area contributed by atoms with Crippen LogP contribution < -0.4 is 9.64 Å². The first-order valence-corrected chi connectivity index (χ1v) is 10.6. The fraction of sp³-hybridized carbons (Fsp3) is 0.333. The van der Waals surface area contributed by atoms with Gasteiger partial charge in [-0.05, 0) is 53.3 Å². The van der Waals surface area contributed by atoms with Crippen molar-refractivity contribution in [3.05, 3.63) is 51.6 Å². The predicted molar refractivity (Wildman–Crippen MR) is 108 cm³/mol. The van der Waals surface area contributed by atoms with Gasteiger partial charge in [0.05, 0.1) is 15.6 Å². The zero-order valence-electron chi connectivity index (χ0n) is 14.3.